The molecule has 2 aromatic heterocycles. The summed E-state index contributed by atoms with van der Waals surface area (Å²) in [6, 6.07) is 16.8. The number of aryl methyl sites for hydroxylation is 2. The number of nitrogens with zero attached hydrogens (tertiary/aromatic N) is 2. The van der Waals surface area contributed by atoms with Gasteiger partial charge in [-0.25, -0.2) is 9.78 Å². The predicted molar refractivity (Wildman–Crippen MR) is 115 cm³/mol. The van der Waals surface area contributed by atoms with Crippen LogP contribution in [-0.4, -0.2) is 23.0 Å². The monoisotopic (exact) mass is 397 g/mol. The lowest BCUT2D eigenvalue weighted by atomic mass is 10.1. The van der Waals surface area contributed by atoms with Crippen molar-refractivity contribution in [3.63, 3.8) is 0 Å². The number of esters is 1. The number of benzene rings is 2. The van der Waals surface area contributed by atoms with Gasteiger partial charge < -0.3 is 14.1 Å². The summed E-state index contributed by atoms with van der Waals surface area (Å²) in [5.41, 5.74) is 5.68. The first-order valence-electron chi connectivity index (χ1n) is 9.36. The number of methoxy groups -OCH3 is 1. The Bertz CT molecular complexity index is 1280. The van der Waals surface area contributed by atoms with Crippen LogP contribution >= 0.6 is 0 Å². The quantitative estimate of drug-likeness (QED) is 0.373. The molecule has 0 amide bonds. The molecule has 1 N–H and O–H groups in total. The molecule has 0 saturated carbocycles. The molecule has 0 aliphatic heterocycles. The number of hydrogen-bond donors (Lipinski definition) is 1. The number of hydrogen-bond acceptors (Lipinski definition) is 5. The van der Waals surface area contributed by atoms with Gasteiger partial charge in [0.1, 0.15) is 23.4 Å². The number of rotatable bonds is 4. The van der Waals surface area contributed by atoms with E-state index < -0.39 is 0 Å². The van der Waals surface area contributed by atoms with Crippen LogP contribution in [0, 0.1) is 25.2 Å². The third-order valence-electron chi connectivity index (χ3n) is 4.98. The minimum atomic E-state index is -0.389. The lowest BCUT2D eigenvalue weighted by Crippen LogP contribution is -2.00. The van der Waals surface area contributed by atoms with Gasteiger partial charge in [-0.2, -0.15) is 5.26 Å². The van der Waals surface area contributed by atoms with E-state index in [1.54, 1.807) is 36.4 Å². The summed E-state index contributed by atoms with van der Waals surface area (Å²) in [5, 5.41) is 9.64. The van der Waals surface area contributed by atoms with E-state index in [9.17, 15) is 10.1 Å². The molecule has 2 aromatic carbocycles. The van der Waals surface area contributed by atoms with E-state index in [0.29, 0.717) is 28.5 Å². The van der Waals surface area contributed by atoms with Crippen molar-refractivity contribution in [2.24, 2.45) is 0 Å². The fourth-order valence-electron chi connectivity index (χ4n) is 3.17. The number of fused-ring (bicyclic) bond motifs is 1. The molecule has 4 aromatic rings. The number of aromatic amines is 1. The second kappa shape index (κ2) is 7.72. The van der Waals surface area contributed by atoms with Gasteiger partial charge in [-0.05, 0) is 61.4 Å². The van der Waals surface area contributed by atoms with Crippen LogP contribution < -0.4 is 0 Å². The minimum absolute atomic E-state index is 0.378. The maximum atomic E-state index is 11.6. The van der Waals surface area contributed by atoms with Crippen LogP contribution in [0.4, 0.5) is 0 Å². The zero-order valence-corrected chi connectivity index (χ0v) is 16.8. The molecule has 0 bridgehead atoms. The second-order valence-corrected chi connectivity index (χ2v) is 6.98. The SMILES string of the molecule is COC(=O)c1ccc(-c2ccc(/C=C(\C#N)c3nc4cc(C)c(C)cc4[nH]3)o2)cc1. The van der Waals surface area contributed by atoms with Crippen molar-refractivity contribution in [1.82, 2.24) is 9.97 Å². The average Bonchev–Trinajstić information content (AvgIpc) is 3.38. The predicted octanol–water partition coefficient (Wildman–Crippen LogP) is 5.29. The Balaban J connectivity index is 1.64. The number of carbonyl (C=O) groups is 1. The Morgan fingerprint density at radius 2 is 1.87 bits per heavy atom. The van der Waals surface area contributed by atoms with Crippen LogP contribution in [0.25, 0.3) is 34.0 Å². The zero-order valence-electron chi connectivity index (χ0n) is 16.8. The van der Waals surface area contributed by atoms with Crippen molar-refractivity contribution in [3.05, 3.63) is 76.8 Å². The number of allylic oxidation sites excluding steroid dienone is 1. The van der Waals surface area contributed by atoms with Crippen molar-refractivity contribution in [1.29, 1.82) is 5.26 Å². The lowest BCUT2D eigenvalue weighted by molar-refractivity contribution is 0.0600. The highest BCUT2D eigenvalue weighted by Gasteiger charge is 2.12. The maximum Gasteiger partial charge on any atom is 0.337 e. The highest BCUT2D eigenvalue weighted by Crippen LogP contribution is 2.26. The van der Waals surface area contributed by atoms with Gasteiger partial charge in [0.2, 0.25) is 0 Å². The van der Waals surface area contributed by atoms with Crippen molar-refractivity contribution in [3.8, 4) is 17.4 Å². The summed E-state index contributed by atoms with van der Waals surface area (Å²) in [7, 11) is 1.35. The zero-order chi connectivity index (χ0) is 21.3. The Labute approximate surface area is 173 Å². The molecule has 0 fully saturated rings. The third kappa shape index (κ3) is 3.61. The van der Waals surface area contributed by atoms with E-state index in [0.717, 1.165) is 27.7 Å². The van der Waals surface area contributed by atoms with E-state index in [1.807, 2.05) is 32.0 Å². The van der Waals surface area contributed by atoms with Crippen LogP contribution in [0.5, 0.6) is 0 Å². The highest BCUT2D eigenvalue weighted by atomic mass is 16.5. The minimum Gasteiger partial charge on any atom is -0.465 e. The number of nitriles is 1. The molecule has 0 spiro atoms. The molecule has 0 unspecified atom stereocenters. The molecule has 148 valence electrons. The second-order valence-electron chi connectivity index (χ2n) is 6.98. The van der Waals surface area contributed by atoms with E-state index in [4.69, 9.17) is 9.15 Å². The van der Waals surface area contributed by atoms with Crippen LogP contribution in [0.3, 0.4) is 0 Å². The van der Waals surface area contributed by atoms with Gasteiger partial charge in [-0.1, -0.05) is 12.1 Å². The molecule has 0 aliphatic carbocycles. The Kier molecular flexibility index (Phi) is 4.95. The van der Waals surface area contributed by atoms with Crippen LogP contribution in [-0.2, 0) is 4.74 Å². The topological polar surface area (TPSA) is 91.9 Å². The fourth-order valence-corrected chi connectivity index (χ4v) is 3.17. The number of aromatic nitrogens is 2. The molecule has 0 atom stereocenters. The van der Waals surface area contributed by atoms with Crippen molar-refractivity contribution in [2.75, 3.05) is 7.11 Å². The maximum absolute atomic E-state index is 11.6. The molecule has 4 rings (SSSR count). The van der Waals surface area contributed by atoms with Gasteiger partial charge in [0.25, 0.3) is 0 Å². The molecular weight excluding hydrogens is 378 g/mol. The average molecular weight is 397 g/mol. The van der Waals surface area contributed by atoms with Crippen LogP contribution in [0.15, 0.2) is 52.9 Å². The number of nitrogens with one attached hydrogen (secondary N) is 1. The summed E-state index contributed by atoms with van der Waals surface area (Å²) in [5.74, 6) is 1.27. The molecular formula is C24H19N3O3. The lowest BCUT2D eigenvalue weighted by Gasteiger charge is -2.00. The van der Waals surface area contributed by atoms with Gasteiger partial charge in [0, 0.05) is 11.6 Å². The van der Waals surface area contributed by atoms with Crippen molar-refractivity contribution >= 4 is 28.7 Å². The molecule has 6 nitrogen and oxygen atoms in total. The molecule has 0 saturated heterocycles. The van der Waals surface area contributed by atoms with Gasteiger partial charge in [-0.15, -0.1) is 0 Å². The first kappa shape index (κ1) is 19.2. The number of H-pyrrole nitrogens is 1. The molecule has 30 heavy (non-hydrogen) atoms. The summed E-state index contributed by atoms with van der Waals surface area (Å²) in [4.78, 5) is 19.3. The van der Waals surface area contributed by atoms with E-state index >= 15 is 0 Å². The van der Waals surface area contributed by atoms with Gasteiger partial charge in [-0.3, -0.25) is 0 Å². The van der Waals surface area contributed by atoms with Gasteiger partial charge in [0.05, 0.1) is 29.3 Å². The van der Waals surface area contributed by atoms with E-state index in [1.165, 1.54) is 7.11 Å². The largest absolute Gasteiger partial charge is 0.465 e. The van der Waals surface area contributed by atoms with E-state index in [2.05, 4.69) is 16.0 Å². The standard InChI is InChI=1S/C24H19N3O3/c1-14-10-20-21(11-15(14)2)27-23(26-20)18(13-25)12-19-8-9-22(30-19)16-4-6-17(7-5-16)24(28)29-3/h4-12H,1-3H3,(H,26,27)/b18-12+. The summed E-state index contributed by atoms with van der Waals surface area (Å²) < 4.78 is 10.6. The number of ether oxygens (including phenoxy) is 1. The third-order valence-corrected chi connectivity index (χ3v) is 4.98. The number of furan rings is 1. The smallest absolute Gasteiger partial charge is 0.337 e. The van der Waals surface area contributed by atoms with Gasteiger partial charge in [0.15, 0.2) is 0 Å². The van der Waals surface area contributed by atoms with E-state index in [-0.39, 0.29) is 5.97 Å². The highest BCUT2D eigenvalue weighted by molar-refractivity contribution is 5.91. The molecule has 2 heterocycles. The van der Waals surface area contributed by atoms with Crippen LogP contribution in [0.2, 0.25) is 0 Å². The Hall–Kier alpha value is -4.11. The normalized spacial score (nSPS) is 11.5. The summed E-state index contributed by atoms with van der Waals surface area (Å²) in [6.07, 6.45) is 1.66. The van der Waals surface area contributed by atoms with Crippen molar-refractivity contribution in [2.45, 2.75) is 13.8 Å². The fraction of sp³-hybridized carbons (Fsp3) is 0.125. The first-order chi connectivity index (χ1) is 14.5. The van der Waals surface area contributed by atoms with Gasteiger partial charge >= 0.3 is 5.97 Å². The first-order valence-corrected chi connectivity index (χ1v) is 9.36. The summed E-state index contributed by atoms with van der Waals surface area (Å²) >= 11 is 0. The Morgan fingerprint density at radius 1 is 1.13 bits per heavy atom. The van der Waals surface area contributed by atoms with Crippen LogP contribution in [0.1, 0.15) is 33.1 Å². The molecule has 6 heteroatoms. The molecule has 0 aliphatic rings. The number of imidazole rings is 1. The summed E-state index contributed by atoms with van der Waals surface area (Å²) in [6.45, 7) is 4.07. The Morgan fingerprint density at radius 3 is 2.57 bits per heavy atom. The van der Waals surface area contributed by atoms with Crippen molar-refractivity contribution < 1.29 is 13.9 Å². The number of carbonyl (C=O) groups excluding carboxylic acids is 1. The molecule has 0 radical (unpaired) electrons.